The Bertz CT molecular complexity index is 769. The maximum absolute atomic E-state index is 12.7. The summed E-state index contributed by atoms with van der Waals surface area (Å²) < 4.78 is 37.4. The van der Waals surface area contributed by atoms with Gasteiger partial charge in [0.2, 0.25) is 11.9 Å². The van der Waals surface area contributed by atoms with Gasteiger partial charge in [0.05, 0.1) is 17.3 Å². The van der Waals surface area contributed by atoms with Crippen LogP contribution < -0.4 is 15.5 Å². The molecule has 0 bridgehead atoms. The summed E-state index contributed by atoms with van der Waals surface area (Å²) in [5.41, 5.74) is 0.571. The lowest BCUT2D eigenvalue weighted by Gasteiger charge is -2.32. The number of para-hydroxylation sites is 2. The van der Waals surface area contributed by atoms with E-state index in [1.165, 1.54) is 6.07 Å². The fourth-order valence-corrected chi connectivity index (χ4v) is 3.00. The Hall–Kier alpha value is -2.84. The number of benzene rings is 1. The second-order valence-electron chi connectivity index (χ2n) is 6.34. The van der Waals surface area contributed by atoms with Crippen LogP contribution in [0, 0.1) is 5.92 Å². The summed E-state index contributed by atoms with van der Waals surface area (Å²) in [5.74, 6) is 0.0531. The summed E-state index contributed by atoms with van der Waals surface area (Å²) in [7, 11) is 0. The predicted molar refractivity (Wildman–Crippen MR) is 96.6 cm³/mol. The Morgan fingerprint density at radius 3 is 2.56 bits per heavy atom. The van der Waals surface area contributed by atoms with Gasteiger partial charge in [0.25, 0.3) is 0 Å². The lowest BCUT2D eigenvalue weighted by Crippen LogP contribution is -2.41. The van der Waals surface area contributed by atoms with Gasteiger partial charge in [0, 0.05) is 25.5 Å². The first-order valence-corrected chi connectivity index (χ1v) is 8.65. The van der Waals surface area contributed by atoms with Gasteiger partial charge in [-0.25, -0.2) is 9.97 Å². The number of hydrogen-bond donors (Lipinski definition) is 2. The quantitative estimate of drug-likeness (QED) is 0.834. The number of rotatable bonds is 5. The van der Waals surface area contributed by atoms with E-state index in [2.05, 4.69) is 20.6 Å². The van der Waals surface area contributed by atoms with E-state index in [0.717, 1.165) is 13.0 Å². The molecule has 1 amide bonds. The molecule has 0 spiro atoms. The van der Waals surface area contributed by atoms with E-state index in [1.807, 2.05) is 4.90 Å². The van der Waals surface area contributed by atoms with Gasteiger partial charge in [0.15, 0.2) is 0 Å². The molecule has 1 saturated heterocycles. The highest BCUT2D eigenvalue weighted by molar-refractivity contribution is 5.96. The number of carbonyl (C=O) groups is 1. The smallest absolute Gasteiger partial charge is 0.375 e. The molecule has 1 aliphatic heterocycles. The number of aromatic nitrogens is 2. The Kier molecular flexibility index (Phi) is 5.78. The molecule has 1 aromatic carbocycles. The lowest BCUT2D eigenvalue weighted by molar-refractivity contribution is -0.120. The van der Waals surface area contributed by atoms with Crippen LogP contribution in [0.2, 0.25) is 0 Å². The van der Waals surface area contributed by atoms with Crippen molar-refractivity contribution in [3.05, 3.63) is 42.7 Å². The van der Waals surface area contributed by atoms with Gasteiger partial charge in [0.1, 0.15) is 6.54 Å². The molecule has 1 unspecified atom stereocenters. The molecule has 1 aromatic heterocycles. The fourth-order valence-electron chi connectivity index (χ4n) is 3.00. The number of nitrogens with one attached hydrogen (secondary N) is 2. The standard InChI is InChI=1S/C18H20F3N5O/c19-18(20,21)12-24-14-6-1-2-7-15(14)25-16(27)13-5-3-10-26(11-13)17-22-8-4-9-23-17/h1-2,4,6-9,13,24H,3,5,10-12H2,(H,25,27). The van der Waals surface area contributed by atoms with Gasteiger partial charge in [-0.1, -0.05) is 12.1 Å². The number of nitrogens with zero attached hydrogens (tertiary/aromatic N) is 3. The molecule has 9 heteroatoms. The number of amides is 1. The van der Waals surface area contributed by atoms with E-state index in [4.69, 9.17) is 0 Å². The summed E-state index contributed by atoms with van der Waals surface area (Å²) in [6, 6.07) is 8.09. The van der Waals surface area contributed by atoms with E-state index in [9.17, 15) is 18.0 Å². The molecule has 1 fully saturated rings. The predicted octanol–water partition coefficient (Wildman–Crippen LogP) is 3.31. The van der Waals surface area contributed by atoms with Crippen LogP contribution in [0.25, 0.3) is 0 Å². The molecule has 2 N–H and O–H groups in total. The second kappa shape index (κ2) is 8.24. The number of halogens is 3. The Labute approximate surface area is 154 Å². The molecule has 1 atom stereocenters. The van der Waals surface area contributed by atoms with Crippen LogP contribution in [0.15, 0.2) is 42.7 Å². The maximum atomic E-state index is 12.7. The van der Waals surface area contributed by atoms with E-state index >= 15 is 0 Å². The van der Waals surface area contributed by atoms with E-state index in [0.29, 0.717) is 24.6 Å². The first-order valence-electron chi connectivity index (χ1n) is 8.65. The van der Waals surface area contributed by atoms with Crippen LogP contribution in [-0.2, 0) is 4.79 Å². The number of hydrogen-bond acceptors (Lipinski definition) is 5. The molecular formula is C18H20F3N5O. The summed E-state index contributed by atoms with van der Waals surface area (Å²) in [6.45, 7) is 0.0634. The molecule has 2 heterocycles. The zero-order valence-corrected chi connectivity index (χ0v) is 14.5. The van der Waals surface area contributed by atoms with Crippen molar-refractivity contribution < 1.29 is 18.0 Å². The SMILES string of the molecule is O=C(Nc1ccccc1NCC(F)(F)F)C1CCCN(c2ncccn2)C1. The average Bonchev–Trinajstić information content (AvgIpc) is 2.67. The van der Waals surface area contributed by atoms with Gasteiger partial charge in [-0.2, -0.15) is 13.2 Å². The third kappa shape index (κ3) is 5.32. The summed E-state index contributed by atoms with van der Waals surface area (Å²) in [4.78, 5) is 23.0. The molecule has 144 valence electrons. The van der Waals surface area contributed by atoms with Crippen molar-refractivity contribution in [2.75, 3.05) is 35.2 Å². The number of piperidine rings is 1. The number of anilines is 3. The van der Waals surface area contributed by atoms with Crippen LogP contribution in [0.3, 0.4) is 0 Å². The molecule has 2 aromatic rings. The van der Waals surface area contributed by atoms with Crippen molar-refractivity contribution in [3.63, 3.8) is 0 Å². The minimum atomic E-state index is -4.34. The van der Waals surface area contributed by atoms with Crippen molar-refractivity contribution in [2.24, 2.45) is 5.92 Å². The molecule has 0 aliphatic carbocycles. The zero-order valence-electron chi connectivity index (χ0n) is 14.5. The third-order valence-electron chi connectivity index (χ3n) is 4.29. The molecule has 3 rings (SSSR count). The van der Waals surface area contributed by atoms with Crippen molar-refractivity contribution in [1.29, 1.82) is 0 Å². The molecule has 6 nitrogen and oxygen atoms in total. The molecule has 0 saturated carbocycles. The highest BCUT2D eigenvalue weighted by atomic mass is 19.4. The minimum Gasteiger partial charge on any atom is -0.375 e. The minimum absolute atomic E-state index is 0.225. The maximum Gasteiger partial charge on any atom is 0.405 e. The topological polar surface area (TPSA) is 70.2 Å². The Morgan fingerprint density at radius 2 is 1.85 bits per heavy atom. The third-order valence-corrected chi connectivity index (χ3v) is 4.29. The first-order chi connectivity index (χ1) is 12.9. The zero-order chi connectivity index (χ0) is 19.3. The average molecular weight is 379 g/mol. The largest absolute Gasteiger partial charge is 0.405 e. The highest BCUT2D eigenvalue weighted by Gasteiger charge is 2.29. The molecule has 1 aliphatic rings. The summed E-state index contributed by atoms with van der Waals surface area (Å²) >= 11 is 0. The van der Waals surface area contributed by atoms with Gasteiger partial charge < -0.3 is 15.5 Å². The Morgan fingerprint density at radius 1 is 1.15 bits per heavy atom. The van der Waals surface area contributed by atoms with Crippen LogP contribution in [-0.4, -0.2) is 41.7 Å². The van der Waals surface area contributed by atoms with E-state index in [-0.39, 0.29) is 17.5 Å². The van der Waals surface area contributed by atoms with Gasteiger partial charge in [-0.3, -0.25) is 4.79 Å². The normalized spacial score (nSPS) is 17.4. The molecule has 27 heavy (non-hydrogen) atoms. The lowest BCUT2D eigenvalue weighted by atomic mass is 9.97. The summed E-state index contributed by atoms with van der Waals surface area (Å²) in [5, 5.41) is 5.08. The van der Waals surface area contributed by atoms with E-state index < -0.39 is 12.7 Å². The monoisotopic (exact) mass is 379 g/mol. The van der Waals surface area contributed by atoms with Crippen molar-refractivity contribution in [3.8, 4) is 0 Å². The highest BCUT2D eigenvalue weighted by Crippen LogP contribution is 2.26. The first kappa shape index (κ1) is 18.9. The summed E-state index contributed by atoms with van der Waals surface area (Å²) in [6.07, 6.45) is 0.470. The van der Waals surface area contributed by atoms with Crippen molar-refractivity contribution >= 4 is 23.2 Å². The van der Waals surface area contributed by atoms with E-state index in [1.54, 1.807) is 36.7 Å². The van der Waals surface area contributed by atoms with Crippen molar-refractivity contribution in [1.82, 2.24) is 9.97 Å². The van der Waals surface area contributed by atoms with Crippen LogP contribution in [0.5, 0.6) is 0 Å². The van der Waals surface area contributed by atoms with Crippen LogP contribution in [0.4, 0.5) is 30.5 Å². The number of alkyl halides is 3. The number of carbonyl (C=O) groups excluding carboxylic acids is 1. The Balaban J connectivity index is 1.65. The molecule has 0 radical (unpaired) electrons. The molecular weight excluding hydrogens is 359 g/mol. The van der Waals surface area contributed by atoms with Crippen LogP contribution >= 0.6 is 0 Å². The van der Waals surface area contributed by atoms with Gasteiger partial charge >= 0.3 is 6.18 Å². The fraction of sp³-hybridized carbons (Fsp3) is 0.389. The van der Waals surface area contributed by atoms with Gasteiger partial charge in [-0.05, 0) is 31.0 Å². The van der Waals surface area contributed by atoms with Crippen LogP contribution in [0.1, 0.15) is 12.8 Å². The van der Waals surface area contributed by atoms with Gasteiger partial charge in [-0.15, -0.1) is 0 Å². The second-order valence-corrected chi connectivity index (χ2v) is 6.34. The van der Waals surface area contributed by atoms with Crippen molar-refractivity contribution in [2.45, 2.75) is 19.0 Å².